The minimum atomic E-state index is -1.20. The van der Waals surface area contributed by atoms with Gasteiger partial charge < -0.3 is 0 Å². The molecule has 1 radical (unpaired) electrons. The molecule has 1 aliphatic rings. The highest BCUT2D eigenvalue weighted by molar-refractivity contribution is 6.83. The van der Waals surface area contributed by atoms with E-state index in [1.807, 2.05) is 0 Å². The van der Waals surface area contributed by atoms with Crippen LogP contribution in [0.4, 0.5) is 0 Å². The van der Waals surface area contributed by atoms with Gasteiger partial charge in [-0.3, -0.25) is 0 Å². The average molecular weight is 189 g/mol. The van der Waals surface area contributed by atoms with Crippen molar-refractivity contribution in [3.63, 3.8) is 0 Å². The van der Waals surface area contributed by atoms with Crippen molar-refractivity contribution in [1.29, 1.82) is 0 Å². The largest absolute Gasteiger partial charge is 0.129 e. The minimum Gasteiger partial charge on any atom is -0.127 e. The minimum absolute atomic E-state index is 1.04. The molecule has 13 heavy (non-hydrogen) atoms. The Kier molecular flexibility index (Phi) is 3.16. The van der Waals surface area contributed by atoms with Gasteiger partial charge in [0, 0.05) is 5.57 Å². The third-order valence-corrected chi connectivity index (χ3v) is 2.62. The van der Waals surface area contributed by atoms with Gasteiger partial charge in [-0.2, -0.15) is 0 Å². The van der Waals surface area contributed by atoms with E-state index in [4.69, 9.17) is 0 Å². The molecule has 0 fully saturated rings. The Morgan fingerprint density at radius 2 is 2.00 bits per heavy atom. The topological polar surface area (TPSA) is 0 Å². The van der Waals surface area contributed by atoms with E-state index in [2.05, 4.69) is 56.6 Å². The van der Waals surface area contributed by atoms with Crippen molar-refractivity contribution in [1.82, 2.24) is 0 Å². The van der Waals surface area contributed by atoms with Crippen LogP contribution in [0.5, 0.6) is 0 Å². The molecule has 0 aromatic heterocycles. The van der Waals surface area contributed by atoms with Crippen LogP contribution in [0.25, 0.3) is 0 Å². The maximum Gasteiger partial charge on any atom is 0.129 e. The predicted octanol–water partition coefficient (Wildman–Crippen LogP) is 3.35. The third-order valence-electron chi connectivity index (χ3n) is 1.74. The van der Waals surface area contributed by atoms with Gasteiger partial charge >= 0.3 is 0 Å². The molecule has 0 heterocycles. The van der Waals surface area contributed by atoms with E-state index >= 15 is 0 Å². The van der Waals surface area contributed by atoms with Crippen LogP contribution in [0.1, 0.15) is 13.3 Å². The molecule has 0 atom stereocenters. The van der Waals surface area contributed by atoms with Crippen LogP contribution in [-0.4, -0.2) is 8.07 Å². The van der Waals surface area contributed by atoms with Gasteiger partial charge in [-0.25, -0.2) is 0 Å². The van der Waals surface area contributed by atoms with Crippen LogP contribution in [0.2, 0.25) is 19.6 Å². The zero-order valence-corrected chi connectivity index (χ0v) is 9.94. The first-order valence-corrected chi connectivity index (χ1v) is 8.22. The van der Waals surface area contributed by atoms with Crippen molar-refractivity contribution in [2.24, 2.45) is 0 Å². The fraction of sp³-hybridized carbons (Fsp3) is 0.417. The Morgan fingerprint density at radius 3 is 2.54 bits per heavy atom. The molecule has 69 valence electrons. The van der Waals surface area contributed by atoms with Gasteiger partial charge in [-0.15, -0.1) is 5.54 Å². The van der Waals surface area contributed by atoms with E-state index < -0.39 is 8.07 Å². The lowest BCUT2D eigenvalue weighted by atomic mass is 10.0. The maximum absolute atomic E-state index is 3.37. The van der Waals surface area contributed by atoms with Gasteiger partial charge in [-0.1, -0.05) is 37.2 Å². The summed E-state index contributed by atoms with van der Waals surface area (Å²) in [5.41, 5.74) is 5.91. The zero-order chi connectivity index (χ0) is 9.90. The van der Waals surface area contributed by atoms with Crippen LogP contribution >= 0.6 is 0 Å². The zero-order valence-electron chi connectivity index (χ0n) is 8.94. The summed E-state index contributed by atoms with van der Waals surface area (Å²) >= 11 is 0. The number of rotatable bonds is 0. The first-order chi connectivity index (χ1) is 5.97. The van der Waals surface area contributed by atoms with Gasteiger partial charge in [0.05, 0.1) is 0 Å². The van der Waals surface area contributed by atoms with Crippen LogP contribution in [-0.2, 0) is 0 Å². The second kappa shape index (κ2) is 3.98. The lowest BCUT2D eigenvalue weighted by Gasteiger charge is -2.07. The fourth-order valence-corrected chi connectivity index (χ4v) is 1.60. The van der Waals surface area contributed by atoms with Crippen LogP contribution in [0.15, 0.2) is 23.3 Å². The van der Waals surface area contributed by atoms with Gasteiger partial charge in [0.2, 0.25) is 0 Å². The summed E-state index contributed by atoms with van der Waals surface area (Å²) in [6.45, 7) is 8.94. The van der Waals surface area contributed by atoms with Gasteiger partial charge in [0.15, 0.2) is 0 Å². The fourth-order valence-electron chi connectivity index (χ4n) is 1.08. The predicted molar refractivity (Wildman–Crippen MR) is 61.9 cm³/mol. The lowest BCUT2D eigenvalue weighted by Crippen LogP contribution is -2.16. The van der Waals surface area contributed by atoms with Crippen molar-refractivity contribution in [3.05, 3.63) is 29.7 Å². The molecule has 1 aliphatic carbocycles. The summed E-state index contributed by atoms with van der Waals surface area (Å²) in [7, 11) is -1.20. The van der Waals surface area contributed by atoms with Crippen molar-refractivity contribution in [2.75, 3.05) is 0 Å². The molecule has 1 rings (SSSR count). The molecule has 0 nitrogen and oxygen atoms in total. The molecule has 0 aromatic carbocycles. The SMILES string of the molecule is CC1=CC(C#C[Si](C)(C)C)=CC[CH]1. The van der Waals surface area contributed by atoms with Gasteiger partial charge in [0.25, 0.3) is 0 Å². The smallest absolute Gasteiger partial charge is 0.127 e. The highest BCUT2D eigenvalue weighted by atomic mass is 28.3. The molecular formula is C12H17Si. The summed E-state index contributed by atoms with van der Waals surface area (Å²) in [5, 5.41) is 0. The molecule has 0 unspecified atom stereocenters. The van der Waals surface area contributed by atoms with Crippen molar-refractivity contribution < 1.29 is 0 Å². The standard InChI is InChI=1S/C12H17Si/c1-11-6-5-7-12(10-11)8-9-13(2,3)4/h6-7,10H,5H2,1-4H3. The molecule has 1 heteroatoms. The van der Waals surface area contributed by atoms with E-state index in [0.29, 0.717) is 0 Å². The van der Waals surface area contributed by atoms with E-state index in [1.54, 1.807) is 0 Å². The maximum atomic E-state index is 3.37. The molecular weight excluding hydrogens is 172 g/mol. The van der Waals surface area contributed by atoms with E-state index in [0.717, 1.165) is 6.42 Å². The van der Waals surface area contributed by atoms with E-state index in [9.17, 15) is 0 Å². The Balaban J connectivity index is 2.74. The summed E-state index contributed by atoms with van der Waals surface area (Å²) in [6.07, 6.45) is 7.62. The average Bonchev–Trinajstić information content (AvgIpc) is 2.00. The van der Waals surface area contributed by atoms with Crippen LogP contribution in [0.3, 0.4) is 0 Å². The lowest BCUT2D eigenvalue weighted by molar-refractivity contribution is 1.17. The summed E-state index contributed by atoms with van der Waals surface area (Å²) in [5.74, 6) is 3.27. The van der Waals surface area contributed by atoms with E-state index in [-0.39, 0.29) is 0 Å². The van der Waals surface area contributed by atoms with Crippen molar-refractivity contribution in [2.45, 2.75) is 33.0 Å². The van der Waals surface area contributed by atoms with Gasteiger partial charge in [0.1, 0.15) is 8.07 Å². The summed E-state index contributed by atoms with van der Waals surface area (Å²) in [4.78, 5) is 0. The van der Waals surface area contributed by atoms with Crippen LogP contribution in [0, 0.1) is 17.9 Å². The number of hydrogen-bond donors (Lipinski definition) is 0. The molecule has 0 saturated heterocycles. The Morgan fingerprint density at radius 1 is 1.31 bits per heavy atom. The van der Waals surface area contributed by atoms with Gasteiger partial charge in [-0.05, 0) is 25.8 Å². The monoisotopic (exact) mass is 189 g/mol. The van der Waals surface area contributed by atoms with Crippen molar-refractivity contribution in [3.8, 4) is 11.5 Å². The Hall–Kier alpha value is -0.743. The number of allylic oxidation sites excluding steroid dienone is 4. The first kappa shape index (κ1) is 10.3. The molecule has 0 aliphatic heterocycles. The molecule has 0 aromatic rings. The third kappa shape index (κ3) is 4.14. The van der Waals surface area contributed by atoms with Crippen molar-refractivity contribution >= 4 is 8.07 Å². The Labute approximate surface area is 82.7 Å². The molecule has 0 N–H and O–H groups in total. The molecule has 0 spiro atoms. The molecule has 0 bridgehead atoms. The highest BCUT2D eigenvalue weighted by Gasteiger charge is 2.07. The second-order valence-corrected chi connectivity index (χ2v) is 9.24. The highest BCUT2D eigenvalue weighted by Crippen LogP contribution is 2.14. The Bertz CT molecular complexity index is 302. The number of hydrogen-bond acceptors (Lipinski definition) is 0. The summed E-state index contributed by atoms with van der Waals surface area (Å²) < 4.78 is 0. The summed E-state index contributed by atoms with van der Waals surface area (Å²) in [6, 6.07) is 0. The van der Waals surface area contributed by atoms with E-state index in [1.165, 1.54) is 11.1 Å². The first-order valence-electron chi connectivity index (χ1n) is 4.72. The molecule has 0 amide bonds. The normalized spacial score (nSPS) is 16.9. The quantitative estimate of drug-likeness (QED) is 0.405. The second-order valence-electron chi connectivity index (χ2n) is 4.49. The van der Waals surface area contributed by atoms with Crippen LogP contribution < -0.4 is 0 Å². The molecule has 0 saturated carbocycles.